The summed E-state index contributed by atoms with van der Waals surface area (Å²) < 4.78 is 13.0. The van der Waals surface area contributed by atoms with Gasteiger partial charge in [-0.05, 0) is 31.0 Å². The van der Waals surface area contributed by atoms with Crippen molar-refractivity contribution in [2.24, 2.45) is 0 Å². The lowest BCUT2D eigenvalue weighted by molar-refractivity contribution is -0.139. The SMILES string of the molecule is CCOc1ccc([C@@H]2/C(=C(\O)c3ccccc3)C(=O)C(=O)N2CCCn2ccnc2)cc1OC. The normalized spacial score (nSPS) is 17.2. The molecular weight excluding hydrogens is 434 g/mol. The lowest BCUT2D eigenvalue weighted by Crippen LogP contribution is -2.31. The second kappa shape index (κ2) is 10.2. The molecule has 0 radical (unpaired) electrons. The van der Waals surface area contributed by atoms with E-state index in [1.807, 2.05) is 23.8 Å². The first-order chi connectivity index (χ1) is 16.5. The number of amides is 1. The minimum Gasteiger partial charge on any atom is -0.507 e. The molecule has 176 valence electrons. The lowest BCUT2D eigenvalue weighted by Gasteiger charge is -2.26. The largest absolute Gasteiger partial charge is 0.507 e. The number of likely N-dealkylation sites (tertiary alicyclic amines) is 1. The van der Waals surface area contributed by atoms with Crippen LogP contribution in [-0.2, 0) is 16.1 Å². The summed E-state index contributed by atoms with van der Waals surface area (Å²) in [7, 11) is 1.54. The molecule has 0 spiro atoms. The fraction of sp³-hybridized carbons (Fsp3) is 0.269. The van der Waals surface area contributed by atoms with Crippen molar-refractivity contribution in [3.63, 3.8) is 0 Å². The quantitative estimate of drug-likeness (QED) is 0.296. The zero-order valence-corrected chi connectivity index (χ0v) is 19.2. The number of rotatable bonds is 9. The van der Waals surface area contributed by atoms with Crippen molar-refractivity contribution in [2.45, 2.75) is 25.9 Å². The molecule has 1 aromatic heterocycles. The molecule has 0 saturated carbocycles. The molecule has 1 saturated heterocycles. The van der Waals surface area contributed by atoms with Gasteiger partial charge < -0.3 is 24.0 Å². The van der Waals surface area contributed by atoms with Gasteiger partial charge in [0.2, 0.25) is 0 Å². The van der Waals surface area contributed by atoms with Gasteiger partial charge in [0.05, 0.1) is 31.7 Å². The molecule has 1 atom stereocenters. The molecule has 2 aromatic carbocycles. The van der Waals surface area contributed by atoms with Gasteiger partial charge in [0.15, 0.2) is 11.5 Å². The Morgan fingerprint density at radius 3 is 2.56 bits per heavy atom. The predicted octanol–water partition coefficient (Wildman–Crippen LogP) is 3.80. The Labute approximate surface area is 198 Å². The highest BCUT2D eigenvalue weighted by atomic mass is 16.5. The first-order valence-electron chi connectivity index (χ1n) is 11.2. The van der Waals surface area contributed by atoms with E-state index in [0.717, 1.165) is 0 Å². The van der Waals surface area contributed by atoms with Gasteiger partial charge in [-0.1, -0.05) is 36.4 Å². The Morgan fingerprint density at radius 2 is 1.88 bits per heavy atom. The van der Waals surface area contributed by atoms with Crippen LogP contribution in [-0.4, -0.2) is 51.5 Å². The molecule has 8 heteroatoms. The number of aliphatic hydroxyl groups is 1. The monoisotopic (exact) mass is 461 g/mol. The van der Waals surface area contributed by atoms with Crippen LogP contribution in [0.3, 0.4) is 0 Å². The summed E-state index contributed by atoms with van der Waals surface area (Å²) in [5.74, 6) is -0.492. The van der Waals surface area contributed by atoms with E-state index in [0.29, 0.717) is 48.7 Å². The van der Waals surface area contributed by atoms with Gasteiger partial charge >= 0.3 is 0 Å². The summed E-state index contributed by atoms with van der Waals surface area (Å²) in [6.45, 7) is 3.31. The summed E-state index contributed by atoms with van der Waals surface area (Å²) in [5.41, 5.74) is 1.19. The Kier molecular flexibility index (Phi) is 6.96. The standard InChI is InChI=1S/C26H27N3O5/c1-3-34-20-11-10-19(16-21(20)33-2)23-22(24(30)18-8-5-4-6-9-18)25(31)26(32)29(23)14-7-13-28-15-12-27-17-28/h4-6,8-12,15-17,23,30H,3,7,13-14H2,1-2H3/b24-22+/t23-/m1/s1. The molecular formula is C26H27N3O5. The summed E-state index contributed by atoms with van der Waals surface area (Å²) >= 11 is 0. The van der Waals surface area contributed by atoms with E-state index in [1.54, 1.807) is 55.0 Å². The van der Waals surface area contributed by atoms with Crippen LogP contribution in [0, 0.1) is 0 Å². The highest BCUT2D eigenvalue weighted by Crippen LogP contribution is 2.42. The Hall–Kier alpha value is -4.07. The maximum absolute atomic E-state index is 13.1. The van der Waals surface area contributed by atoms with Crippen LogP contribution in [0.4, 0.5) is 0 Å². The number of methoxy groups -OCH3 is 1. The predicted molar refractivity (Wildman–Crippen MR) is 126 cm³/mol. The van der Waals surface area contributed by atoms with Crippen LogP contribution in [0.15, 0.2) is 72.8 Å². The number of hydrogen-bond donors (Lipinski definition) is 1. The van der Waals surface area contributed by atoms with Crippen LogP contribution < -0.4 is 9.47 Å². The number of ether oxygens (including phenoxy) is 2. The third-order valence-corrected chi connectivity index (χ3v) is 5.76. The van der Waals surface area contributed by atoms with Crippen molar-refractivity contribution in [3.8, 4) is 11.5 Å². The molecule has 0 bridgehead atoms. The van der Waals surface area contributed by atoms with Crippen LogP contribution in [0.1, 0.15) is 30.5 Å². The molecule has 1 amide bonds. The molecule has 4 rings (SSSR count). The third-order valence-electron chi connectivity index (χ3n) is 5.76. The number of benzene rings is 2. The van der Waals surface area contributed by atoms with Crippen molar-refractivity contribution < 1.29 is 24.2 Å². The summed E-state index contributed by atoms with van der Waals surface area (Å²) in [4.78, 5) is 31.8. The lowest BCUT2D eigenvalue weighted by atomic mass is 9.95. The summed E-state index contributed by atoms with van der Waals surface area (Å²) in [5, 5.41) is 11.1. The average Bonchev–Trinajstić information content (AvgIpc) is 3.47. The van der Waals surface area contributed by atoms with Gasteiger partial charge in [0.1, 0.15) is 5.76 Å². The average molecular weight is 462 g/mol. The van der Waals surface area contributed by atoms with E-state index >= 15 is 0 Å². The summed E-state index contributed by atoms with van der Waals surface area (Å²) in [6, 6.07) is 13.3. The molecule has 1 aliphatic rings. The van der Waals surface area contributed by atoms with Crippen LogP contribution in [0.2, 0.25) is 0 Å². The van der Waals surface area contributed by atoms with Crippen molar-refractivity contribution in [3.05, 3.63) is 84.0 Å². The number of aliphatic hydroxyl groups excluding tert-OH is 1. The molecule has 1 aliphatic heterocycles. The molecule has 1 N–H and O–H groups in total. The number of aromatic nitrogens is 2. The van der Waals surface area contributed by atoms with E-state index in [2.05, 4.69) is 4.98 Å². The van der Waals surface area contributed by atoms with E-state index in [4.69, 9.17) is 9.47 Å². The number of carbonyl (C=O) groups excluding carboxylic acids is 2. The van der Waals surface area contributed by atoms with Gasteiger partial charge in [-0.2, -0.15) is 0 Å². The Morgan fingerprint density at radius 1 is 1.09 bits per heavy atom. The number of imidazole rings is 1. The maximum Gasteiger partial charge on any atom is 0.295 e. The number of ketones is 1. The number of Topliss-reactive ketones (excluding diaryl/α,β-unsaturated/α-hetero) is 1. The van der Waals surface area contributed by atoms with Crippen molar-refractivity contribution >= 4 is 17.4 Å². The molecule has 8 nitrogen and oxygen atoms in total. The second-order valence-corrected chi connectivity index (χ2v) is 7.86. The zero-order valence-electron chi connectivity index (χ0n) is 19.2. The number of nitrogens with zero attached hydrogens (tertiary/aromatic N) is 3. The second-order valence-electron chi connectivity index (χ2n) is 7.86. The Balaban J connectivity index is 1.76. The van der Waals surface area contributed by atoms with Crippen molar-refractivity contribution in [2.75, 3.05) is 20.3 Å². The number of hydrogen-bond acceptors (Lipinski definition) is 6. The summed E-state index contributed by atoms with van der Waals surface area (Å²) in [6.07, 6.45) is 5.86. The molecule has 34 heavy (non-hydrogen) atoms. The van der Waals surface area contributed by atoms with E-state index in [1.165, 1.54) is 12.0 Å². The van der Waals surface area contributed by atoms with Crippen molar-refractivity contribution in [1.82, 2.24) is 14.5 Å². The first kappa shape index (κ1) is 23.1. The third kappa shape index (κ3) is 4.52. The molecule has 0 unspecified atom stereocenters. The van der Waals surface area contributed by atoms with Gasteiger partial charge in [-0.25, -0.2) is 4.98 Å². The molecule has 1 fully saturated rings. The molecule has 3 aromatic rings. The highest BCUT2D eigenvalue weighted by molar-refractivity contribution is 6.46. The van der Waals surface area contributed by atoms with Gasteiger partial charge in [-0.15, -0.1) is 0 Å². The number of aryl methyl sites for hydroxylation is 1. The minimum absolute atomic E-state index is 0.0602. The maximum atomic E-state index is 13.1. The smallest absolute Gasteiger partial charge is 0.295 e. The minimum atomic E-state index is -0.757. The zero-order chi connectivity index (χ0) is 24.1. The fourth-order valence-corrected chi connectivity index (χ4v) is 4.18. The van der Waals surface area contributed by atoms with E-state index in [9.17, 15) is 14.7 Å². The van der Waals surface area contributed by atoms with Gasteiger partial charge in [0.25, 0.3) is 11.7 Å². The van der Waals surface area contributed by atoms with Gasteiger partial charge in [0, 0.05) is 31.0 Å². The molecule has 0 aliphatic carbocycles. The fourth-order valence-electron chi connectivity index (χ4n) is 4.18. The van der Waals surface area contributed by atoms with E-state index < -0.39 is 17.7 Å². The highest BCUT2D eigenvalue weighted by Gasteiger charge is 2.46. The van der Waals surface area contributed by atoms with Crippen LogP contribution >= 0.6 is 0 Å². The first-order valence-corrected chi connectivity index (χ1v) is 11.2. The number of carbonyl (C=O) groups is 2. The van der Waals surface area contributed by atoms with Gasteiger partial charge in [-0.3, -0.25) is 9.59 Å². The topological polar surface area (TPSA) is 93.9 Å². The Bertz CT molecular complexity index is 1190. The van der Waals surface area contributed by atoms with Crippen LogP contribution in [0.25, 0.3) is 5.76 Å². The van der Waals surface area contributed by atoms with Crippen molar-refractivity contribution in [1.29, 1.82) is 0 Å². The molecule has 2 heterocycles. The van der Waals surface area contributed by atoms with Crippen LogP contribution in [0.5, 0.6) is 11.5 Å². The van der Waals surface area contributed by atoms with E-state index in [-0.39, 0.29) is 11.3 Å².